The molecule has 5 rings (SSSR count). The molecule has 0 bridgehead atoms. The lowest BCUT2D eigenvalue weighted by atomic mass is 10.0. The van der Waals surface area contributed by atoms with Crippen LogP contribution in [0.15, 0.2) is 41.3 Å². The molecule has 10 nitrogen and oxygen atoms in total. The molecule has 0 radical (unpaired) electrons. The lowest BCUT2D eigenvalue weighted by Crippen LogP contribution is -2.27. The fourth-order valence-corrected chi connectivity index (χ4v) is 5.01. The van der Waals surface area contributed by atoms with E-state index in [-0.39, 0.29) is 29.3 Å². The zero-order chi connectivity index (χ0) is 27.7. The van der Waals surface area contributed by atoms with Gasteiger partial charge in [-0.15, -0.1) is 0 Å². The number of anilines is 2. The van der Waals surface area contributed by atoms with E-state index in [2.05, 4.69) is 20.4 Å². The predicted molar refractivity (Wildman–Crippen MR) is 152 cm³/mol. The number of benzene rings is 1. The average molecular weight is 550 g/mol. The minimum atomic E-state index is -0.545. The van der Waals surface area contributed by atoms with Crippen LogP contribution in [0.3, 0.4) is 0 Å². The topological polar surface area (TPSA) is 130 Å². The van der Waals surface area contributed by atoms with E-state index in [1.165, 1.54) is 4.68 Å². The van der Waals surface area contributed by atoms with E-state index in [4.69, 9.17) is 22.1 Å². The number of carbonyl (C=O) groups is 1. The van der Waals surface area contributed by atoms with Crippen LogP contribution in [0.4, 0.5) is 11.5 Å². The zero-order valence-electron chi connectivity index (χ0n) is 22.3. The summed E-state index contributed by atoms with van der Waals surface area (Å²) in [5, 5.41) is 9.72. The van der Waals surface area contributed by atoms with Gasteiger partial charge in [-0.2, -0.15) is 5.10 Å². The molecule has 39 heavy (non-hydrogen) atoms. The maximum Gasteiger partial charge on any atom is 0.376 e. The molecule has 3 aromatic heterocycles. The van der Waals surface area contributed by atoms with Gasteiger partial charge in [0, 0.05) is 30.7 Å². The Balaban J connectivity index is 1.54. The quantitative estimate of drug-likeness (QED) is 0.202. The Morgan fingerprint density at radius 2 is 2.08 bits per heavy atom. The van der Waals surface area contributed by atoms with Crippen LogP contribution >= 0.6 is 11.6 Å². The Hall–Kier alpha value is -3.92. The summed E-state index contributed by atoms with van der Waals surface area (Å²) in [5.74, 6) is 0.250. The van der Waals surface area contributed by atoms with Crippen molar-refractivity contribution < 1.29 is 9.53 Å². The van der Waals surface area contributed by atoms with Gasteiger partial charge in [0.25, 0.3) is 5.56 Å². The van der Waals surface area contributed by atoms with Gasteiger partial charge in [-0.05, 0) is 49.3 Å². The smallest absolute Gasteiger partial charge is 0.376 e. The van der Waals surface area contributed by atoms with Crippen molar-refractivity contribution in [3.05, 3.63) is 63.4 Å². The molecular weight excluding hydrogens is 518 g/mol. The number of carbonyl (C=O) groups excluding carboxylic acids is 1. The van der Waals surface area contributed by atoms with Crippen molar-refractivity contribution in [2.75, 3.05) is 17.7 Å². The first kappa shape index (κ1) is 26.7. The maximum atomic E-state index is 13.6. The van der Waals surface area contributed by atoms with E-state index in [0.29, 0.717) is 40.5 Å². The number of rotatable bonds is 10. The number of unbranched alkanes of at least 4 members (excludes halogenated alkanes) is 1. The van der Waals surface area contributed by atoms with Crippen molar-refractivity contribution in [2.45, 2.75) is 58.0 Å². The molecule has 4 aromatic rings. The van der Waals surface area contributed by atoms with Crippen LogP contribution in [-0.2, 0) is 11.8 Å². The van der Waals surface area contributed by atoms with Crippen molar-refractivity contribution in [3.63, 3.8) is 0 Å². The molecule has 1 aromatic carbocycles. The summed E-state index contributed by atoms with van der Waals surface area (Å²) >= 11 is 6.43. The zero-order valence-corrected chi connectivity index (χ0v) is 23.0. The van der Waals surface area contributed by atoms with Crippen LogP contribution < -0.4 is 16.6 Å². The Labute approximate surface area is 231 Å². The predicted octanol–water partition coefficient (Wildman–Crippen LogP) is 5.28. The number of hydrogen-bond acceptors (Lipinski definition) is 8. The average Bonchev–Trinajstić information content (AvgIpc) is 3.67. The van der Waals surface area contributed by atoms with E-state index in [1.807, 2.05) is 36.6 Å². The minimum absolute atomic E-state index is 0.0799. The Kier molecular flexibility index (Phi) is 7.56. The highest BCUT2D eigenvalue weighted by Gasteiger charge is 2.31. The van der Waals surface area contributed by atoms with Gasteiger partial charge in [-0.1, -0.05) is 44.0 Å². The molecule has 0 saturated heterocycles. The molecule has 3 heterocycles. The summed E-state index contributed by atoms with van der Waals surface area (Å²) in [4.78, 5) is 35.2. The number of nitrogens with one attached hydrogen (secondary N) is 1. The summed E-state index contributed by atoms with van der Waals surface area (Å²) in [6, 6.07) is 9.05. The maximum absolute atomic E-state index is 13.6. The SMILES string of the molecule is CCCCOC(=O)c1nc(-c2c(N)ccnc2N[C@@H](CC)c2cc3cccc(Cl)c3c(=O)n2C2CC2)nn1C. The minimum Gasteiger partial charge on any atom is -0.460 e. The summed E-state index contributed by atoms with van der Waals surface area (Å²) in [6.45, 7) is 4.38. The summed E-state index contributed by atoms with van der Waals surface area (Å²) < 4.78 is 8.58. The summed E-state index contributed by atoms with van der Waals surface area (Å²) in [7, 11) is 1.63. The molecule has 0 aliphatic heterocycles. The number of hydrogen-bond donors (Lipinski definition) is 2. The second-order valence-corrected chi connectivity index (χ2v) is 10.2. The molecule has 0 spiro atoms. The number of nitrogens with two attached hydrogens (primary N) is 1. The number of aromatic nitrogens is 5. The highest BCUT2D eigenvalue weighted by molar-refractivity contribution is 6.35. The second-order valence-electron chi connectivity index (χ2n) is 9.78. The van der Waals surface area contributed by atoms with Crippen molar-refractivity contribution in [3.8, 4) is 11.4 Å². The number of esters is 1. The number of halogens is 1. The third-order valence-corrected chi connectivity index (χ3v) is 7.25. The molecule has 1 aliphatic carbocycles. The third kappa shape index (κ3) is 5.21. The Bertz CT molecular complexity index is 1590. The van der Waals surface area contributed by atoms with E-state index >= 15 is 0 Å². The van der Waals surface area contributed by atoms with Gasteiger partial charge in [0.15, 0.2) is 5.82 Å². The standard InChI is InChI=1S/C28H32ClN7O3/c1-4-6-14-39-28(38)26-33-25(34-35(26)3)23-19(30)12-13-31-24(23)32-20(5-2)21-15-16-8-7-9-18(29)22(16)27(37)36(21)17-10-11-17/h7-9,12-13,15,17,20H,4-6,10-11,14H2,1-3H3,(H3,30,31,32)/t20-/m0/s1. The van der Waals surface area contributed by atoms with Gasteiger partial charge in [-0.25, -0.2) is 19.4 Å². The van der Waals surface area contributed by atoms with Crippen molar-refractivity contribution in [1.29, 1.82) is 0 Å². The van der Waals surface area contributed by atoms with Crippen LogP contribution in [0.25, 0.3) is 22.2 Å². The van der Waals surface area contributed by atoms with Gasteiger partial charge in [0.05, 0.1) is 28.6 Å². The highest BCUT2D eigenvalue weighted by Crippen LogP contribution is 2.39. The van der Waals surface area contributed by atoms with Crippen molar-refractivity contribution in [2.24, 2.45) is 7.05 Å². The van der Waals surface area contributed by atoms with Crippen LogP contribution in [0.5, 0.6) is 0 Å². The van der Waals surface area contributed by atoms with Crippen LogP contribution in [0.2, 0.25) is 5.02 Å². The number of ether oxygens (including phenoxy) is 1. The van der Waals surface area contributed by atoms with Crippen molar-refractivity contribution >= 4 is 39.8 Å². The Morgan fingerprint density at radius 3 is 2.79 bits per heavy atom. The van der Waals surface area contributed by atoms with Crippen LogP contribution in [0.1, 0.15) is 74.3 Å². The first-order valence-electron chi connectivity index (χ1n) is 13.3. The van der Waals surface area contributed by atoms with Gasteiger partial charge >= 0.3 is 5.97 Å². The largest absolute Gasteiger partial charge is 0.460 e. The number of nitrogen functional groups attached to an aromatic ring is 1. The summed E-state index contributed by atoms with van der Waals surface area (Å²) in [5.41, 5.74) is 8.03. The molecule has 0 amide bonds. The fraction of sp³-hybridized carbons (Fsp3) is 0.393. The molecular formula is C28H32ClN7O3. The van der Waals surface area contributed by atoms with Crippen LogP contribution in [0, 0.1) is 0 Å². The first-order valence-corrected chi connectivity index (χ1v) is 13.6. The lowest BCUT2D eigenvalue weighted by molar-refractivity contribution is 0.0480. The molecule has 1 saturated carbocycles. The normalized spacial score (nSPS) is 13.9. The van der Waals surface area contributed by atoms with Gasteiger partial charge in [0.1, 0.15) is 5.82 Å². The molecule has 1 fully saturated rings. The molecule has 3 N–H and O–H groups in total. The number of aryl methyl sites for hydroxylation is 1. The van der Waals surface area contributed by atoms with E-state index in [1.54, 1.807) is 25.4 Å². The summed E-state index contributed by atoms with van der Waals surface area (Å²) in [6.07, 6.45) is 5.83. The second kappa shape index (κ2) is 11.1. The number of nitrogens with zero attached hydrogens (tertiary/aromatic N) is 5. The third-order valence-electron chi connectivity index (χ3n) is 6.93. The van der Waals surface area contributed by atoms with E-state index < -0.39 is 5.97 Å². The number of fused-ring (bicyclic) bond motifs is 1. The molecule has 1 aliphatic rings. The molecule has 204 valence electrons. The Morgan fingerprint density at radius 1 is 1.28 bits per heavy atom. The van der Waals surface area contributed by atoms with Gasteiger partial charge in [0.2, 0.25) is 5.82 Å². The highest BCUT2D eigenvalue weighted by atomic mass is 35.5. The monoisotopic (exact) mass is 549 g/mol. The molecule has 0 unspecified atom stereocenters. The van der Waals surface area contributed by atoms with Gasteiger partial charge in [-0.3, -0.25) is 4.79 Å². The molecule has 11 heteroatoms. The fourth-order valence-electron chi connectivity index (χ4n) is 4.74. The molecule has 1 atom stereocenters. The van der Waals surface area contributed by atoms with Gasteiger partial charge < -0.3 is 20.4 Å². The van der Waals surface area contributed by atoms with Crippen LogP contribution in [-0.4, -0.2) is 36.9 Å². The van der Waals surface area contributed by atoms with E-state index in [0.717, 1.165) is 36.8 Å². The number of pyridine rings is 2. The lowest BCUT2D eigenvalue weighted by Gasteiger charge is -2.24. The van der Waals surface area contributed by atoms with E-state index in [9.17, 15) is 9.59 Å². The first-order chi connectivity index (χ1) is 18.8. The van der Waals surface area contributed by atoms with Crippen molar-refractivity contribution in [1.82, 2.24) is 24.3 Å².